The van der Waals surface area contributed by atoms with Crippen LogP contribution in [0.5, 0.6) is 0 Å². The van der Waals surface area contributed by atoms with Gasteiger partial charge < -0.3 is 10.0 Å². The summed E-state index contributed by atoms with van der Waals surface area (Å²) in [5, 5.41) is 19.1. The fourth-order valence-electron chi connectivity index (χ4n) is 2.86. The number of piperazine rings is 1. The SMILES string of the molecule is N#Cc1ccc(N2CCN(C[C@H](O)c3ccc(F)cc3)CC2)cn1. The number of halogens is 1. The molecule has 3 rings (SSSR count). The largest absolute Gasteiger partial charge is 0.387 e. The highest BCUT2D eigenvalue weighted by Gasteiger charge is 2.20. The molecular weight excluding hydrogens is 307 g/mol. The van der Waals surface area contributed by atoms with Gasteiger partial charge in [0.25, 0.3) is 0 Å². The molecular formula is C18H19FN4O. The lowest BCUT2D eigenvalue weighted by Crippen LogP contribution is -2.47. The third-order valence-corrected chi connectivity index (χ3v) is 4.29. The van der Waals surface area contributed by atoms with Gasteiger partial charge in [0, 0.05) is 32.7 Å². The highest BCUT2D eigenvalue weighted by atomic mass is 19.1. The topological polar surface area (TPSA) is 63.4 Å². The number of aliphatic hydroxyl groups is 1. The summed E-state index contributed by atoms with van der Waals surface area (Å²) in [6, 6.07) is 11.6. The predicted octanol–water partition coefficient (Wildman–Crippen LogP) is 1.95. The second-order valence-electron chi connectivity index (χ2n) is 5.87. The third kappa shape index (κ3) is 3.88. The van der Waals surface area contributed by atoms with Crippen molar-refractivity contribution >= 4 is 5.69 Å². The Balaban J connectivity index is 1.53. The molecule has 0 unspecified atom stereocenters. The van der Waals surface area contributed by atoms with E-state index in [-0.39, 0.29) is 5.82 Å². The Morgan fingerprint density at radius 3 is 2.42 bits per heavy atom. The van der Waals surface area contributed by atoms with E-state index in [0.717, 1.165) is 37.4 Å². The van der Waals surface area contributed by atoms with Gasteiger partial charge in [-0.2, -0.15) is 5.26 Å². The van der Waals surface area contributed by atoms with Gasteiger partial charge >= 0.3 is 0 Å². The molecule has 1 aliphatic rings. The molecule has 0 saturated carbocycles. The zero-order valence-electron chi connectivity index (χ0n) is 13.3. The van der Waals surface area contributed by atoms with Crippen LogP contribution in [0.15, 0.2) is 42.6 Å². The van der Waals surface area contributed by atoms with Crippen LogP contribution in [0.1, 0.15) is 17.4 Å². The lowest BCUT2D eigenvalue weighted by molar-refractivity contribution is 0.109. The predicted molar refractivity (Wildman–Crippen MR) is 89.0 cm³/mol. The Hall–Kier alpha value is -2.49. The third-order valence-electron chi connectivity index (χ3n) is 4.29. The minimum atomic E-state index is -0.617. The van der Waals surface area contributed by atoms with Gasteiger partial charge in [-0.25, -0.2) is 9.37 Å². The second-order valence-corrected chi connectivity index (χ2v) is 5.87. The lowest BCUT2D eigenvalue weighted by atomic mass is 10.1. The van der Waals surface area contributed by atoms with Gasteiger partial charge in [0.1, 0.15) is 17.6 Å². The molecule has 2 aromatic rings. The number of anilines is 1. The average Bonchev–Trinajstić information content (AvgIpc) is 2.63. The van der Waals surface area contributed by atoms with E-state index < -0.39 is 6.10 Å². The maximum absolute atomic E-state index is 12.9. The van der Waals surface area contributed by atoms with Gasteiger partial charge in [-0.05, 0) is 29.8 Å². The van der Waals surface area contributed by atoms with Crippen LogP contribution in [0.4, 0.5) is 10.1 Å². The second kappa shape index (κ2) is 7.39. The molecule has 1 atom stereocenters. The molecule has 1 saturated heterocycles. The Labute approximate surface area is 140 Å². The summed E-state index contributed by atoms with van der Waals surface area (Å²) in [7, 11) is 0. The molecule has 0 aliphatic carbocycles. The zero-order valence-corrected chi connectivity index (χ0v) is 13.3. The van der Waals surface area contributed by atoms with Crippen molar-refractivity contribution in [2.24, 2.45) is 0 Å². The molecule has 1 aliphatic heterocycles. The minimum Gasteiger partial charge on any atom is -0.387 e. The first-order valence-electron chi connectivity index (χ1n) is 7.92. The van der Waals surface area contributed by atoms with Crippen LogP contribution >= 0.6 is 0 Å². The quantitative estimate of drug-likeness (QED) is 0.930. The van der Waals surface area contributed by atoms with Crippen molar-refractivity contribution in [3.63, 3.8) is 0 Å². The van der Waals surface area contributed by atoms with Crippen molar-refractivity contribution in [1.29, 1.82) is 5.26 Å². The monoisotopic (exact) mass is 326 g/mol. The van der Waals surface area contributed by atoms with Gasteiger partial charge in [-0.1, -0.05) is 12.1 Å². The van der Waals surface area contributed by atoms with E-state index in [1.165, 1.54) is 12.1 Å². The van der Waals surface area contributed by atoms with E-state index in [0.29, 0.717) is 12.2 Å². The number of nitrogens with zero attached hydrogens (tertiary/aromatic N) is 4. The van der Waals surface area contributed by atoms with Crippen LogP contribution in [-0.4, -0.2) is 47.7 Å². The molecule has 2 heterocycles. The fraction of sp³-hybridized carbons (Fsp3) is 0.333. The van der Waals surface area contributed by atoms with Crippen LogP contribution < -0.4 is 4.90 Å². The van der Waals surface area contributed by atoms with Crippen molar-refractivity contribution in [2.45, 2.75) is 6.10 Å². The number of hydrogen-bond acceptors (Lipinski definition) is 5. The number of aliphatic hydroxyl groups excluding tert-OH is 1. The molecule has 0 bridgehead atoms. The summed E-state index contributed by atoms with van der Waals surface area (Å²) < 4.78 is 12.9. The van der Waals surface area contributed by atoms with Crippen molar-refractivity contribution in [3.8, 4) is 6.07 Å². The van der Waals surface area contributed by atoms with Gasteiger partial charge in [-0.15, -0.1) is 0 Å². The Kier molecular flexibility index (Phi) is 5.04. The van der Waals surface area contributed by atoms with Crippen molar-refractivity contribution < 1.29 is 9.50 Å². The Morgan fingerprint density at radius 2 is 1.83 bits per heavy atom. The van der Waals surface area contributed by atoms with Gasteiger partial charge in [0.05, 0.1) is 18.0 Å². The number of nitriles is 1. The summed E-state index contributed by atoms with van der Waals surface area (Å²) in [6.07, 6.45) is 1.11. The first-order chi connectivity index (χ1) is 11.7. The molecule has 1 N–H and O–H groups in total. The van der Waals surface area contributed by atoms with E-state index >= 15 is 0 Å². The molecule has 0 amide bonds. The molecule has 6 heteroatoms. The fourth-order valence-corrected chi connectivity index (χ4v) is 2.86. The molecule has 1 aromatic heterocycles. The van der Waals surface area contributed by atoms with Crippen LogP contribution in [0.25, 0.3) is 0 Å². The zero-order chi connectivity index (χ0) is 16.9. The average molecular weight is 326 g/mol. The van der Waals surface area contributed by atoms with Crippen LogP contribution in [0, 0.1) is 17.1 Å². The number of hydrogen-bond donors (Lipinski definition) is 1. The van der Waals surface area contributed by atoms with Crippen LogP contribution in [-0.2, 0) is 0 Å². The number of aromatic nitrogens is 1. The van der Waals surface area contributed by atoms with Crippen molar-refractivity contribution in [1.82, 2.24) is 9.88 Å². The minimum absolute atomic E-state index is 0.296. The van der Waals surface area contributed by atoms with Gasteiger partial charge in [0.2, 0.25) is 0 Å². The highest BCUT2D eigenvalue weighted by molar-refractivity contribution is 5.46. The van der Waals surface area contributed by atoms with E-state index in [4.69, 9.17) is 5.26 Å². The smallest absolute Gasteiger partial charge is 0.140 e. The van der Waals surface area contributed by atoms with Gasteiger partial charge in [-0.3, -0.25) is 4.90 Å². The summed E-state index contributed by atoms with van der Waals surface area (Å²) in [5.74, 6) is -0.296. The standard InChI is InChI=1S/C18H19FN4O/c19-15-3-1-14(2-4-15)18(24)13-22-7-9-23(10-8-22)17-6-5-16(11-20)21-12-17/h1-6,12,18,24H,7-10,13H2/t18-/m0/s1. The normalized spacial score (nSPS) is 16.6. The molecule has 5 nitrogen and oxygen atoms in total. The van der Waals surface area contributed by atoms with E-state index in [1.54, 1.807) is 24.4 Å². The summed E-state index contributed by atoms with van der Waals surface area (Å²) >= 11 is 0. The molecule has 24 heavy (non-hydrogen) atoms. The lowest BCUT2D eigenvalue weighted by Gasteiger charge is -2.36. The maximum atomic E-state index is 12.9. The Morgan fingerprint density at radius 1 is 1.12 bits per heavy atom. The molecule has 124 valence electrons. The molecule has 1 fully saturated rings. The molecule has 0 radical (unpaired) electrons. The molecule has 1 aromatic carbocycles. The van der Waals surface area contributed by atoms with Crippen LogP contribution in [0.2, 0.25) is 0 Å². The summed E-state index contributed by atoms with van der Waals surface area (Å²) in [6.45, 7) is 3.87. The number of pyridine rings is 1. The van der Waals surface area contributed by atoms with E-state index in [1.807, 2.05) is 12.1 Å². The van der Waals surface area contributed by atoms with Crippen molar-refractivity contribution in [3.05, 3.63) is 59.7 Å². The highest BCUT2D eigenvalue weighted by Crippen LogP contribution is 2.19. The van der Waals surface area contributed by atoms with E-state index in [2.05, 4.69) is 14.8 Å². The molecule has 0 spiro atoms. The number of rotatable bonds is 4. The summed E-state index contributed by atoms with van der Waals surface area (Å²) in [5.41, 5.74) is 2.16. The van der Waals surface area contributed by atoms with Gasteiger partial charge in [0.15, 0.2) is 0 Å². The summed E-state index contributed by atoms with van der Waals surface area (Å²) in [4.78, 5) is 8.51. The van der Waals surface area contributed by atoms with Crippen LogP contribution in [0.3, 0.4) is 0 Å². The number of benzene rings is 1. The Bertz CT molecular complexity index is 703. The number of β-amino-alcohol motifs (C(OH)–C–C–N with tert-alkyl or cyclic N) is 1. The maximum Gasteiger partial charge on any atom is 0.140 e. The van der Waals surface area contributed by atoms with Crippen molar-refractivity contribution in [2.75, 3.05) is 37.6 Å². The first-order valence-corrected chi connectivity index (χ1v) is 7.92. The van der Waals surface area contributed by atoms with E-state index in [9.17, 15) is 9.50 Å². The first kappa shape index (κ1) is 16.4.